The third-order valence-corrected chi connectivity index (χ3v) is 3.19. The summed E-state index contributed by atoms with van der Waals surface area (Å²) in [5.41, 5.74) is 0. The van der Waals surface area contributed by atoms with E-state index in [1.807, 2.05) is 10.2 Å². The van der Waals surface area contributed by atoms with E-state index in [9.17, 15) is 23.1 Å². The molecule has 1 heterocycles. The molecule has 1 rings (SSSR count). The van der Waals surface area contributed by atoms with Crippen LogP contribution in [0.2, 0.25) is 0 Å². The highest BCUT2D eigenvalue weighted by atomic mass is 19.4. The number of nitrogens with one attached hydrogen (secondary N) is 1. The molecule has 0 aromatic heterocycles. The second kappa shape index (κ2) is 7.09. The number of nitrogens with zero attached hydrogens (tertiary/aromatic N) is 1. The van der Waals surface area contributed by atoms with Gasteiger partial charge in [-0.1, -0.05) is 6.42 Å². The van der Waals surface area contributed by atoms with E-state index in [0.717, 1.165) is 19.3 Å². The van der Waals surface area contributed by atoms with Gasteiger partial charge in [0.25, 0.3) is 0 Å². The molecular weight excluding hydrogens is 261 g/mol. The first-order chi connectivity index (χ1) is 8.78. The summed E-state index contributed by atoms with van der Waals surface area (Å²) >= 11 is 0. The number of likely N-dealkylation sites (tertiary alicyclic amines) is 1. The molecule has 0 bridgehead atoms. The highest BCUT2D eigenvalue weighted by Gasteiger charge is 2.29. The Morgan fingerprint density at radius 3 is 2.74 bits per heavy atom. The molecule has 1 amide bonds. The lowest BCUT2D eigenvalue weighted by Gasteiger charge is -2.35. The monoisotopic (exact) mass is 282 g/mol. The second-order valence-electron chi connectivity index (χ2n) is 5.10. The second-order valence-corrected chi connectivity index (χ2v) is 5.10. The Kier molecular flexibility index (Phi) is 6.06. The van der Waals surface area contributed by atoms with E-state index in [-0.39, 0.29) is 12.6 Å². The standard InChI is InChI=1S/C12H21F3N2O2/c1-9(18)6-10-4-2-3-5-17(10)7-11(19)16-8-12(13,14)15/h9-10,18H,2-8H2,1H3,(H,16,19). The Morgan fingerprint density at radius 2 is 2.16 bits per heavy atom. The van der Waals surface area contributed by atoms with Crippen molar-refractivity contribution in [1.82, 2.24) is 10.2 Å². The van der Waals surface area contributed by atoms with Gasteiger partial charge in [0.05, 0.1) is 12.6 Å². The molecule has 2 unspecified atom stereocenters. The van der Waals surface area contributed by atoms with Crippen LogP contribution in [0.1, 0.15) is 32.6 Å². The van der Waals surface area contributed by atoms with Crippen LogP contribution >= 0.6 is 0 Å². The number of aliphatic hydroxyl groups excluding tert-OH is 1. The number of hydrogen-bond donors (Lipinski definition) is 2. The summed E-state index contributed by atoms with van der Waals surface area (Å²) in [6.07, 6.45) is -1.47. The third kappa shape index (κ3) is 6.77. The van der Waals surface area contributed by atoms with Crippen molar-refractivity contribution in [3.05, 3.63) is 0 Å². The maximum Gasteiger partial charge on any atom is 0.405 e. The molecule has 0 aliphatic carbocycles. The Morgan fingerprint density at radius 1 is 1.47 bits per heavy atom. The van der Waals surface area contributed by atoms with E-state index in [0.29, 0.717) is 13.0 Å². The minimum atomic E-state index is -4.38. The Balaban J connectivity index is 2.41. The number of amides is 1. The highest BCUT2D eigenvalue weighted by Crippen LogP contribution is 2.20. The van der Waals surface area contributed by atoms with Gasteiger partial charge < -0.3 is 10.4 Å². The van der Waals surface area contributed by atoms with Gasteiger partial charge in [-0.3, -0.25) is 9.69 Å². The largest absolute Gasteiger partial charge is 0.405 e. The number of rotatable bonds is 5. The average molecular weight is 282 g/mol. The quantitative estimate of drug-likeness (QED) is 0.799. The van der Waals surface area contributed by atoms with E-state index >= 15 is 0 Å². The van der Waals surface area contributed by atoms with Crippen LogP contribution in [0.25, 0.3) is 0 Å². The Bertz CT molecular complexity index is 295. The zero-order chi connectivity index (χ0) is 14.5. The van der Waals surface area contributed by atoms with Crippen LogP contribution in [0, 0.1) is 0 Å². The van der Waals surface area contributed by atoms with Gasteiger partial charge >= 0.3 is 6.18 Å². The zero-order valence-electron chi connectivity index (χ0n) is 11.0. The van der Waals surface area contributed by atoms with Gasteiger partial charge in [0.15, 0.2) is 0 Å². The predicted octanol–water partition coefficient (Wildman–Crippen LogP) is 1.29. The van der Waals surface area contributed by atoms with Gasteiger partial charge in [-0.05, 0) is 32.7 Å². The SMILES string of the molecule is CC(O)CC1CCCCN1CC(=O)NCC(F)(F)F. The number of piperidine rings is 1. The molecule has 2 atom stereocenters. The van der Waals surface area contributed by atoms with Crippen molar-refractivity contribution in [3.8, 4) is 0 Å². The molecular formula is C12H21F3N2O2. The normalized spacial score (nSPS) is 23.1. The summed E-state index contributed by atoms with van der Waals surface area (Å²) in [5, 5.41) is 11.3. The Labute approximate surface area is 111 Å². The lowest BCUT2D eigenvalue weighted by molar-refractivity contribution is -0.139. The number of carbonyl (C=O) groups is 1. The van der Waals surface area contributed by atoms with Crippen molar-refractivity contribution >= 4 is 5.91 Å². The zero-order valence-corrected chi connectivity index (χ0v) is 11.0. The number of carbonyl (C=O) groups excluding carboxylic acids is 1. The van der Waals surface area contributed by atoms with Crippen molar-refractivity contribution < 1.29 is 23.1 Å². The van der Waals surface area contributed by atoms with Gasteiger partial charge in [-0.25, -0.2) is 0 Å². The summed E-state index contributed by atoms with van der Waals surface area (Å²) in [7, 11) is 0. The van der Waals surface area contributed by atoms with Crippen LogP contribution < -0.4 is 5.32 Å². The van der Waals surface area contributed by atoms with E-state index in [2.05, 4.69) is 0 Å². The number of aliphatic hydroxyl groups is 1. The molecule has 19 heavy (non-hydrogen) atoms. The third-order valence-electron chi connectivity index (χ3n) is 3.19. The minimum absolute atomic E-state index is 0.0343. The van der Waals surface area contributed by atoms with Crippen molar-refractivity contribution in [2.75, 3.05) is 19.6 Å². The number of hydrogen-bond acceptors (Lipinski definition) is 3. The first kappa shape index (κ1) is 16.2. The molecule has 0 aromatic rings. The molecule has 112 valence electrons. The summed E-state index contributed by atoms with van der Waals surface area (Å²) in [6.45, 7) is 1.04. The molecule has 4 nitrogen and oxygen atoms in total. The number of alkyl halides is 3. The lowest BCUT2D eigenvalue weighted by Crippen LogP contribution is -2.47. The molecule has 1 aliphatic heterocycles. The molecule has 0 saturated carbocycles. The van der Waals surface area contributed by atoms with Crippen molar-refractivity contribution in [1.29, 1.82) is 0 Å². The smallest absolute Gasteiger partial charge is 0.393 e. The fourth-order valence-electron chi connectivity index (χ4n) is 2.37. The van der Waals surface area contributed by atoms with Gasteiger partial charge in [0.2, 0.25) is 5.91 Å². The van der Waals surface area contributed by atoms with Gasteiger partial charge in [0, 0.05) is 6.04 Å². The van der Waals surface area contributed by atoms with Crippen LogP contribution in [-0.4, -0.2) is 53.9 Å². The highest BCUT2D eigenvalue weighted by molar-refractivity contribution is 5.78. The van der Waals surface area contributed by atoms with E-state index in [1.54, 1.807) is 6.92 Å². The summed E-state index contributed by atoms with van der Waals surface area (Å²) < 4.78 is 35.9. The summed E-state index contributed by atoms with van der Waals surface area (Å²) in [4.78, 5) is 13.3. The first-order valence-corrected chi connectivity index (χ1v) is 6.53. The first-order valence-electron chi connectivity index (χ1n) is 6.53. The Hall–Kier alpha value is -0.820. The van der Waals surface area contributed by atoms with Crippen molar-refractivity contribution in [2.45, 2.75) is 50.9 Å². The molecule has 2 N–H and O–H groups in total. The van der Waals surface area contributed by atoms with Crippen LogP contribution in [0.15, 0.2) is 0 Å². The molecule has 0 aromatic carbocycles. The fraction of sp³-hybridized carbons (Fsp3) is 0.917. The average Bonchev–Trinajstić information content (AvgIpc) is 2.27. The van der Waals surface area contributed by atoms with Crippen molar-refractivity contribution in [2.24, 2.45) is 0 Å². The van der Waals surface area contributed by atoms with E-state index in [1.165, 1.54) is 0 Å². The molecule has 1 aliphatic rings. The van der Waals surface area contributed by atoms with Crippen molar-refractivity contribution in [3.63, 3.8) is 0 Å². The minimum Gasteiger partial charge on any atom is -0.393 e. The summed E-state index contributed by atoms with van der Waals surface area (Å²) in [5.74, 6) is -0.616. The van der Waals surface area contributed by atoms with Gasteiger partial charge in [-0.15, -0.1) is 0 Å². The molecule has 0 spiro atoms. The summed E-state index contributed by atoms with van der Waals surface area (Å²) in [6, 6.07) is 0.0744. The van der Waals surface area contributed by atoms with Crippen LogP contribution in [0.5, 0.6) is 0 Å². The lowest BCUT2D eigenvalue weighted by atomic mass is 9.97. The van der Waals surface area contributed by atoms with Crippen LogP contribution in [-0.2, 0) is 4.79 Å². The maximum absolute atomic E-state index is 12.0. The van der Waals surface area contributed by atoms with Crippen LogP contribution in [0.3, 0.4) is 0 Å². The van der Waals surface area contributed by atoms with Crippen LogP contribution in [0.4, 0.5) is 13.2 Å². The van der Waals surface area contributed by atoms with Gasteiger partial charge in [0.1, 0.15) is 6.54 Å². The van der Waals surface area contributed by atoms with E-state index < -0.39 is 24.7 Å². The molecule has 1 fully saturated rings. The maximum atomic E-state index is 12.0. The molecule has 0 radical (unpaired) electrons. The molecule has 1 saturated heterocycles. The van der Waals surface area contributed by atoms with Gasteiger partial charge in [-0.2, -0.15) is 13.2 Å². The fourth-order valence-corrected chi connectivity index (χ4v) is 2.37. The number of halogens is 3. The molecule has 7 heteroatoms. The predicted molar refractivity (Wildman–Crippen MR) is 64.6 cm³/mol. The van der Waals surface area contributed by atoms with E-state index in [4.69, 9.17) is 0 Å². The topological polar surface area (TPSA) is 52.6 Å².